The summed E-state index contributed by atoms with van der Waals surface area (Å²) in [6.07, 6.45) is 2.78. The molecule has 3 rings (SSSR count). The highest BCUT2D eigenvalue weighted by Crippen LogP contribution is 2.34. The molecule has 1 aliphatic heterocycles. The summed E-state index contributed by atoms with van der Waals surface area (Å²) in [5, 5.41) is 9.03. The first-order valence-electron chi connectivity index (χ1n) is 7.85. The summed E-state index contributed by atoms with van der Waals surface area (Å²) in [5.41, 5.74) is 2.63. The van der Waals surface area contributed by atoms with Crippen LogP contribution >= 0.6 is 0 Å². The van der Waals surface area contributed by atoms with E-state index in [0.29, 0.717) is 19.6 Å². The number of carbonyl (C=O) groups is 2. The van der Waals surface area contributed by atoms with Crippen LogP contribution in [0.5, 0.6) is 0 Å². The van der Waals surface area contributed by atoms with E-state index in [1.165, 1.54) is 11.1 Å². The van der Waals surface area contributed by atoms with Crippen molar-refractivity contribution in [3.8, 4) is 0 Å². The molecule has 5 heteroatoms. The maximum atomic E-state index is 12.5. The molecule has 0 saturated carbocycles. The van der Waals surface area contributed by atoms with Gasteiger partial charge >= 0.3 is 5.97 Å². The van der Waals surface area contributed by atoms with Crippen molar-refractivity contribution < 1.29 is 19.4 Å². The summed E-state index contributed by atoms with van der Waals surface area (Å²) >= 11 is 0. The van der Waals surface area contributed by atoms with Crippen molar-refractivity contribution in [2.45, 2.75) is 37.7 Å². The normalized spacial score (nSPS) is 24.6. The number of morpholine rings is 1. The van der Waals surface area contributed by atoms with Crippen LogP contribution < -0.4 is 0 Å². The van der Waals surface area contributed by atoms with Gasteiger partial charge in [-0.3, -0.25) is 4.79 Å². The number of nitrogens with zero attached hydrogens (tertiary/aromatic N) is 1. The number of hydrogen-bond acceptors (Lipinski definition) is 3. The predicted molar refractivity (Wildman–Crippen MR) is 80.7 cm³/mol. The molecule has 1 fully saturated rings. The van der Waals surface area contributed by atoms with Crippen molar-refractivity contribution in [2.24, 2.45) is 0 Å². The van der Waals surface area contributed by atoms with Gasteiger partial charge in [0.25, 0.3) is 0 Å². The van der Waals surface area contributed by atoms with Crippen LogP contribution in [0.1, 0.15) is 36.3 Å². The molecule has 1 aromatic rings. The number of carbonyl (C=O) groups excluding carboxylic acids is 1. The highest BCUT2D eigenvalue weighted by molar-refractivity contribution is 5.79. The van der Waals surface area contributed by atoms with Crippen LogP contribution in [0.15, 0.2) is 24.3 Å². The zero-order valence-corrected chi connectivity index (χ0v) is 12.5. The van der Waals surface area contributed by atoms with Gasteiger partial charge in [0.2, 0.25) is 5.91 Å². The molecule has 1 saturated heterocycles. The minimum Gasteiger partial charge on any atom is -0.479 e. The number of carboxylic acids is 1. The van der Waals surface area contributed by atoms with Crippen LogP contribution in [-0.4, -0.2) is 47.7 Å². The van der Waals surface area contributed by atoms with Gasteiger partial charge in [0.1, 0.15) is 0 Å². The first kappa shape index (κ1) is 15.0. The lowest BCUT2D eigenvalue weighted by molar-refractivity contribution is -0.159. The van der Waals surface area contributed by atoms with Gasteiger partial charge in [0.05, 0.1) is 13.2 Å². The highest BCUT2D eigenvalue weighted by atomic mass is 16.5. The Morgan fingerprint density at radius 1 is 1.32 bits per heavy atom. The van der Waals surface area contributed by atoms with E-state index < -0.39 is 12.1 Å². The third-order valence-electron chi connectivity index (χ3n) is 4.61. The monoisotopic (exact) mass is 303 g/mol. The van der Waals surface area contributed by atoms with Crippen molar-refractivity contribution in [2.75, 3.05) is 19.7 Å². The largest absolute Gasteiger partial charge is 0.479 e. The van der Waals surface area contributed by atoms with Gasteiger partial charge in [-0.2, -0.15) is 0 Å². The van der Waals surface area contributed by atoms with Crippen molar-refractivity contribution in [3.05, 3.63) is 35.4 Å². The van der Waals surface area contributed by atoms with E-state index in [0.717, 1.165) is 19.3 Å². The second kappa shape index (κ2) is 6.48. The van der Waals surface area contributed by atoms with Crippen LogP contribution in [0.2, 0.25) is 0 Å². The number of aliphatic carboxylic acids is 1. The number of carboxylic acid groups (broad SMARTS) is 1. The predicted octanol–water partition coefficient (Wildman–Crippen LogP) is 1.81. The first-order chi connectivity index (χ1) is 10.6. The number of fused-ring (bicyclic) bond motifs is 1. The number of rotatable bonds is 3. The molecule has 1 aromatic carbocycles. The maximum absolute atomic E-state index is 12.5. The lowest BCUT2D eigenvalue weighted by atomic mass is 9.81. The van der Waals surface area contributed by atoms with Gasteiger partial charge in [0, 0.05) is 13.0 Å². The Hall–Kier alpha value is -1.88. The number of benzene rings is 1. The molecule has 2 atom stereocenters. The van der Waals surface area contributed by atoms with Gasteiger partial charge < -0.3 is 14.7 Å². The van der Waals surface area contributed by atoms with Crippen LogP contribution in [0.25, 0.3) is 0 Å². The minimum absolute atomic E-state index is 0.0382. The molecule has 1 heterocycles. The molecule has 1 amide bonds. The van der Waals surface area contributed by atoms with Crippen LogP contribution in [0, 0.1) is 0 Å². The summed E-state index contributed by atoms with van der Waals surface area (Å²) < 4.78 is 5.17. The second-order valence-corrected chi connectivity index (χ2v) is 6.03. The summed E-state index contributed by atoms with van der Waals surface area (Å²) in [6.45, 7) is 0.934. The molecule has 2 aliphatic rings. The summed E-state index contributed by atoms with van der Waals surface area (Å²) in [6, 6.07) is 8.33. The Balaban J connectivity index is 1.66. The van der Waals surface area contributed by atoms with Crippen molar-refractivity contribution in [1.29, 1.82) is 0 Å². The third-order valence-corrected chi connectivity index (χ3v) is 4.61. The molecule has 0 spiro atoms. The van der Waals surface area contributed by atoms with E-state index in [2.05, 4.69) is 12.1 Å². The third kappa shape index (κ3) is 3.14. The van der Waals surface area contributed by atoms with E-state index in [4.69, 9.17) is 9.84 Å². The fraction of sp³-hybridized carbons (Fsp3) is 0.529. The van der Waals surface area contributed by atoms with E-state index in [1.807, 2.05) is 12.1 Å². The minimum atomic E-state index is -1.000. The Morgan fingerprint density at radius 3 is 2.95 bits per heavy atom. The molecule has 1 N–H and O–H groups in total. The number of amides is 1. The molecule has 22 heavy (non-hydrogen) atoms. The summed E-state index contributed by atoms with van der Waals surface area (Å²) in [5.74, 6) is -0.708. The Kier molecular flexibility index (Phi) is 4.43. The number of aryl methyl sites for hydroxylation is 1. The molecular formula is C17H21NO4. The van der Waals surface area contributed by atoms with Crippen molar-refractivity contribution in [3.63, 3.8) is 0 Å². The number of ether oxygens (including phenoxy) is 1. The fourth-order valence-electron chi connectivity index (χ4n) is 3.43. The lowest BCUT2D eigenvalue weighted by Gasteiger charge is -2.33. The van der Waals surface area contributed by atoms with E-state index in [1.54, 1.807) is 4.90 Å². The van der Waals surface area contributed by atoms with Crippen LogP contribution in [0.4, 0.5) is 0 Å². The number of hydrogen-bond donors (Lipinski definition) is 1. The fourth-order valence-corrected chi connectivity index (χ4v) is 3.43. The molecule has 118 valence electrons. The molecule has 0 radical (unpaired) electrons. The van der Waals surface area contributed by atoms with Gasteiger partial charge in [-0.15, -0.1) is 0 Å². The maximum Gasteiger partial charge on any atom is 0.334 e. The SMILES string of the molecule is O=C(O)[C@H]1CN(C(=O)C[C@H]2CCCc3ccccc32)CCO1. The van der Waals surface area contributed by atoms with Crippen molar-refractivity contribution in [1.82, 2.24) is 4.90 Å². The molecule has 0 bridgehead atoms. The smallest absolute Gasteiger partial charge is 0.334 e. The lowest BCUT2D eigenvalue weighted by Crippen LogP contribution is -2.48. The molecule has 0 unspecified atom stereocenters. The zero-order valence-electron chi connectivity index (χ0n) is 12.5. The molecule has 5 nitrogen and oxygen atoms in total. The van der Waals surface area contributed by atoms with Gasteiger partial charge in [-0.1, -0.05) is 24.3 Å². The zero-order chi connectivity index (χ0) is 15.5. The molecule has 1 aliphatic carbocycles. The van der Waals surface area contributed by atoms with Gasteiger partial charge in [-0.05, 0) is 36.3 Å². The Bertz CT molecular complexity index is 572. The molecule has 0 aromatic heterocycles. The topological polar surface area (TPSA) is 66.8 Å². The summed E-state index contributed by atoms with van der Waals surface area (Å²) in [4.78, 5) is 25.2. The average molecular weight is 303 g/mol. The summed E-state index contributed by atoms with van der Waals surface area (Å²) in [7, 11) is 0. The van der Waals surface area contributed by atoms with E-state index in [9.17, 15) is 9.59 Å². The average Bonchev–Trinajstić information content (AvgIpc) is 2.55. The standard InChI is InChI=1S/C17H21NO4/c19-16(18-8-9-22-15(11-18)17(20)21)10-13-6-3-5-12-4-1-2-7-14(12)13/h1-2,4,7,13,15H,3,5-6,8-11H2,(H,20,21)/t13-,15-/m1/s1. The van der Waals surface area contributed by atoms with Gasteiger partial charge in [-0.25, -0.2) is 4.79 Å². The van der Waals surface area contributed by atoms with E-state index in [-0.39, 0.29) is 18.4 Å². The van der Waals surface area contributed by atoms with Crippen LogP contribution in [0.3, 0.4) is 0 Å². The quantitative estimate of drug-likeness (QED) is 0.925. The van der Waals surface area contributed by atoms with E-state index >= 15 is 0 Å². The molecular weight excluding hydrogens is 282 g/mol. The van der Waals surface area contributed by atoms with Gasteiger partial charge in [0.15, 0.2) is 6.10 Å². The second-order valence-electron chi connectivity index (χ2n) is 6.03. The Labute approximate surface area is 129 Å². The highest BCUT2D eigenvalue weighted by Gasteiger charge is 2.31. The Morgan fingerprint density at radius 2 is 2.14 bits per heavy atom. The van der Waals surface area contributed by atoms with Crippen LogP contribution in [-0.2, 0) is 20.7 Å². The van der Waals surface area contributed by atoms with Crippen molar-refractivity contribution >= 4 is 11.9 Å². The first-order valence-corrected chi connectivity index (χ1v) is 7.85.